The Morgan fingerprint density at radius 3 is 2.36 bits per heavy atom. The van der Waals surface area contributed by atoms with E-state index in [1.165, 1.54) is 16.8 Å². The van der Waals surface area contributed by atoms with Gasteiger partial charge in [-0.15, -0.1) is 0 Å². The van der Waals surface area contributed by atoms with E-state index in [9.17, 15) is 0 Å². The average molecular weight is 189 g/mol. The van der Waals surface area contributed by atoms with Crippen LogP contribution < -0.4 is 4.90 Å². The first kappa shape index (κ1) is 10.8. The molecule has 1 aromatic carbocycles. The van der Waals surface area contributed by atoms with Crippen LogP contribution in [0.5, 0.6) is 0 Å². The second kappa shape index (κ2) is 4.32. The van der Waals surface area contributed by atoms with Gasteiger partial charge in [0.2, 0.25) is 0 Å². The summed E-state index contributed by atoms with van der Waals surface area (Å²) in [6.07, 6.45) is 1.90. The summed E-state index contributed by atoms with van der Waals surface area (Å²) in [5, 5.41) is 0. The first-order valence-corrected chi connectivity index (χ1v) is 5.00. The quantitative estimate of drug-likeness (QED) is 0.703. The third kappa shape index (κ3) is 2.16. The summed E-state index contributed by atoms with van der Waals surface area (Å²) < 4.78 is 0. The second-order valence-electron chi connectivity index (χ2n) is 4.07. The van der Waals surface area contributed by atoms with Crippen molar-refractivity contribution >= 4 is 11.8 Å². The highest BCUT2D eigenvalue weighted by atomic mass is 15.1. The Bertz CT molecular complexity index is 324. The molecule has 1 nitrogen and oxygen atoms in total. The minimum atomic E-state index is 0.576. The molecule has 0 aliphatic heterocycles. The predicted molar refractivity (Wildman–Crippen MR) is 64.9 cm³/mol. The Morgan fingerprint density at radius 2 is 1.93 bits per heavy atom. The van der Waals surface area contributed by atoms with Crippen molar-refractivity contribution in [3.8, 4) is 0 Å². The van der Waals surface area contributed by atoms with E-state index in [2.05, 4.69) is 57.6 Å². The van der Waals surface area contributed by atoms with Gasteiger partial charge in [-0.05, 0) is 23.1 Å². The second-order valence-corrected chi connectivity index (χ2v) is 4.07. The number of rotatable bonds is 3. The molecule has 0 saturated heterocycles. The zero-order chi connectivity index (χ0) is 10.7. The SMILES string of the molecule is C=Cc1ccc(C(C)C)cc1N(C)C. The normalized spacial score (nSPS) is 10.4. The molecule has 0 aliphatic carbocycles. The molecular weight excluding hydrogens is 170 g/mol. The fraction of sp³-hybridized carbons (Fsp3) is 0.385. The van der Waals surface area contributed by atoms with Crippen molar-refractivity contribution in [2.75, 3.05) is 19.0 Å². The third-order valence-electron chi connectivity index (χ3n) is 2.42. The van der Waals surface area contributed by atoms with Gasteiger partial charge in [0.1, 0.15) is 0 Å². The first-order valence-electron chi connectivity index (χ1n) is 5.00. The molecule has 0 unspecified atom stereocenters. The smallest absolute Gasteiger partial charge is 0.0437 e. The Balaban J connectivity index is 3.20. The van der Waals surface area contributed by atoms with Crippen LogP contribution in [0.4, 0.5) is 5.69 Å². The highest BCUT2D eigenvalue weighted by Crippen LogP contribution is 2.25. The van der Waals surface area contributed by atoms with E-state index in [4.69, 9.17) is 0 Å². The zero-order valence-corrected chi connectivity index (χ0v) is 9.54. The Hall–Kier alpha value is -1.24. The van der Waals surface area contributed by atoms with Crippen LogP contribution in [-0.2, 0) is 0 Å². The topological polar surface area (TPSA) is 3.24 Å². The maximum absolute atomic E-state index is 3.82. The van der Waals surface area contributed by atoms with E-state index < -0.39 is 0 Å². The predicted octanol–water partition coefficient (Wildman–Crippen LogP) is 3.52. The fourth-order valence-electron chi connectivity index (χ4n) is 1.48. The zero-order valence-electron chi connectivity index (χ0n) is 9.54. The van der Waals surface area contributed by atoms with Crippen molar-refractivity contribution in [1.29, 1.82) is 0 Å². The molecule has 14 heavy (non-hydrogen) atoms. The molecule has 1 heteroatoms. The van der Waals surface area contributed by atoms with Gasteiger partial charge in [-0.25, -0.2) is 0 Å². The third-order valence-corrected chi connectivity index (χ3v) is 2.42. The maximum atomic E-state index is 3.82. The van der Waals surface area contributed by atoms with E-state index in [0.29, 0.717) is 5.92 Å². The van der Waals surface area contributed by atoms with E-state index in [1.54, 1.807) is 0 Å². The van der Waals surface area contributed by atoms with Gasteiger partial charge in [-0.1, -0.05) is 38.6 Å². The average Bonchev–Trinajstić information content (AvgIpc) is 2.16. The molecule has 0 bridgehead atoms. The lowest BCUT2D eigenvalue weighted by atomic mass is 10.00. The van der Waals surface area contributed by atoms with Crippen LogP contribution in [-0.4, -0.2) is 14.1 Å². The van der Waals surface area contributed by atoms with Gasteiger partial charge in [0.25, 0.3) is 0 Å². The van der Waals surface area contributed by atoms with Crippen LogP contribution >= 0.6 is 0 Å². The van der Waals surface area contributed by atoms with Crippen LogP contribution in [0, 0.1) is 0 Å². The van der Waals surface area contributed by atoms with Gasteiger partial charge in [-0.3, -0.25) is 0 Å². The summed E-state index contributed by atoms with van der Waals surface area (Å²) in [5.74, 6) is 0.576. The van der Waals surface area contributed by atoms with Crippen molar-refractivity contribution < 1.29 is 0 Å². The van der Waals surface area contributed by atoms with Gasteiger partial charge >= 0.3 is 0 Å². The molecule has 76 valence electrons. The highest BCUT2D eigenvalue weighted by molar-refractivity contribution is 5.67. The molecule has 0 amide bonds. The Labute approximate surface area is 87.1 Å². The van der Waals surface area contributed by atoms with Crippen LogP contribution in [0.1, 0.15) is 30.9 Å². The summed E-state index contributed by atoms with van der Waals surface area (Å²) in [7, 11) is 4.12. The van der Waals surface area contributed by atoms with E-state index in [1.807, 2.05) is 6.08 Å². The van der Waals surface area contributed by atoms with Gasteiger partial charge in [0, 0.05) is 19.8 Å². The van der Waals surface area contributed by atoms with Crippen molar-refractivity contribution in [2.24, 2.45) is 0 Å². The van der Waals surface area contributed by atoms with E-state index in [0.717, 1.165) is 0 Å². The number of benzene rings is 1. The van der Waals surface area contributed by atoms with Crippen molar-refractivity contribution in [3.63, 3.8) is 0 Å². The summed E-state index contributed by atoms with van der Waals surface area (Å²) in [6, 6.07) is 6.55. The molecular formula is C13H19N. The number of anilines is 1. The summed E-state index contributed by atoms with van der Waals surface area (Å²) in [6.45, 7) is 8.24. The largest absolute Gasteiger partial charge is 0.377 e. The van der Waals surface area contributed by atoms with Crippen LogP contribution in [0.15, 0.2) is 24.8 Å². The maximum Gasteiger partial charge on any atom is 0.0437 e. The Morgan fingerprint density at radius 1 is 1.29 bits per heavy atom. The van der Waals surface area contributed by atoms with Gasteiger partial charge < -0.3 is 4.90 Å². The monoisotopic (exact) mass is 189 g/mol. The molecule has 0 aliphatic rings. The minimum absolute atomic E-state index is 0.576. The summed E-state index contributed by atoms with van der Waals surface area (Å²) >= 11 is 0. The van der Waals surface area contributed by atoms with Gasteiger partial charge in [0.15, 0.2) is 0 Å². The molecule has 1 aromatic rings. The first-order chi connectivity index (χ1) is 6.56. The molecule has 0 saturated carbocycles. The fourth-order valence-corrected chi connectivity index (χ4v) is 1.48. The lowest BCUT2D eigenvalue weighted by Crippen LogP contribution is -2.10. The molecule has 0 atom stereocenters. The number of hydrogen-bond donors (Lipinski definition) is 0. The molecule has 0 aromatic heterocycles. The van der Waals surface area contributed by atoms with Crippen molar-refractivity contribution in [3.05, 3.63) is 35.9 Å². The number of hydrogen-bond acceptors (Lipinski definition) is 1. The molecule has 0 heterocycles. The lowest BCUT2D eigenvalue weighted by molar-refractivity contribution is 0.865. The van der Waals surface area contributed by atoms with E-state index >= 15 is 0 Å². The van der Waals surface area contributed by atoms with Crippen LogP contribution in [0.2, 0.25) is 0 Å². The lowest BCUT2D eigenvalue weighted by Gasteiger charge is -2.18. The molecule has 0 fully saturated rings. The molecule has 1 rings (SSSR count). The molecule has 0 N–H and O–H groups in total. The van der Waals surface area contributed by atoms with E-state index in [-0.39, 0.29) is 0 Å². The standard InChI is InChI=1S/C13H19N/c1-6-11-7-8-12(10(2)3)9-13(11)14(4)5/h6-10H,1H2,2-5H3. The minimum Gasteiger partial charge on any atom is -0.377 e. The number of nitrogens with zero attached hydrogens (tertiary/aromatic N) is 1. The van der Waals surface area contributed by atoms with Crippen LogP contribution in [0.3, 0.4) is 0 Å². The highest BCUT2D eigenvalue weighted by Gasteiger charge is 2.05. The summed E-state index contributed by atoms with van der Waals surface area (Å²) in [5.41, 5.74) is 3.81. The molecule has 0 spiro atoms. The van der Waals surface area contributed by atoms with Crippen molar-refractivity contribution in [1.82, 2.24) is 0 Å². The van der Waals surface area contributed by atoms with Gasteiger partial charge in [0.05, 0.1) is 0 Å². The van der Waals surface area contributed by atoms with Crippen LogP contribution in [0.25, 0.3) is 6.08 Å². The Kier molecular flexibility index (Phi) is 3.34. The molecule has 0 radical (unpaired) electrons. The van der Waals surface area contributed by atoms with Gasteiger partial charge in [-0.2, -0.15) is 0 Å². The van der Waals surface area contributed by atoms with Crippen molar-refractivity contribution in [2.45, 2.75) is 19.8 Å². The summed E-state index contributed by atoms with van der Waals surface area (Å²) in [4.78, 5) is 2.13.